The summed E-state index contributed by atoms with van der Waals surface area (Å²) in [5, 5.41) is 5.72. The van der Waals surface area contributed by atoms with E-state index in [0.717, 1.165) is 5.92 Å². The smallest absolute Gasteiger partial charge is 0.0145 e. The van der Waals surface area contributed by atoms with E-state index < -0.39 is 0 Å². The van der Waals surface area contributed by atoms with Crippen LogP contribution in [0.1, 0.15) is 50.5 Å². The van der Waals surface area contributed by atoms with Gasteiger partial charge < -0.3 is 0 Å². The average molecular weight is 302 g/mol. The lowest BCUT2D eigenvalue weighted by Gasteiger charge is -2.21. The van der Waals surface area contributed by atoms with E-state index in [4.69, 9.17) is 0 Å². The molecular weight excluding hydrogens is 276 g/mol. The number of fused-ring (bicyclic) bond motifs is 2. The zero-order valence-electron chi connectivity index (χ0n) is 13.9. The normalized spacial score (nSPS) is 17.2. The molecule has 1 fully saturated rings. The standard InChI is InChI=1S/C23H26/c1-2-4-10-18(11-5-3-1)16-23-21-14-8-6-12-19(21)17-20-13-7-9-15-22(20)23/h6-9,12-15,17-18H,1-5,10-11,16H2. The predicted molar refractivity (Wildman–Crippen MR) is 101 cm³/mol. The molecule has 0 N–H and O–H groups in total. The molecule has 0 amide bonds. The third kappa shape index (κ3) is 3.13. The maximum absolute atomic E-state index is 2.35. The molecule has 0 spiro atoms. The Balaban J connectivity index is 1.79. The van der Waals surface area contributed by atoms with Gasteiger partial charge in [0.05, 0.1) is 0 Å². The number of benzene rings is 3. The van der Waals surface area contributed by atoms with Gasteiger partial charge in [-0.05, 0) is 45.5 Å². The number of rotatable bonds is 2. The van der Waals surface area contributed by atoms with Crippen molar-refractivity contribution in [2.24, 2.45) is 5.92 Å². The Kier molecular flexibility index (Phi) is 4.33. The molecule has 0 unspecified atom stereocenters. The topological polar surface area (TPSA) is 0 Å². The van der Waals surface area contributed by atoms with Gasteiger partial charge in [-0.25, -0.2) is 0 Å². The molecule has 23 heavy (non-hydrogen) atoms. The Morgan fingerprint density at radius 2 is 1.17 bits per heavy atom. The van der Waals surface area contributed by atoms with Gasteiger partial charge in [-0.3, -0.25) is 0 Å². The summed E-state index contributed by atoms with van der Waals surface area (Å²) < 4.78 is 0. The molecule has 4 rings (SSSR count). The first-order chi connectivity index (χ1) is 11.4. The highest BCUT2D eigenvalue weighted by Crippen LogP contribution is 2.33. The van der Waals surface area contributed by atoms with E-state index in [-0.39, 0.29) is 0 Å². The van der Waals surface area contributed by atoms with Crippen LogP contribution in [0.3, 0.4) is 0 Å². The molecule has 0 aromatic heterocycles. The van der Waals surface area contributed by atoms with E-state index in [9.17, 15) is 0 Å². The molecule has 3 aromatic rings. The zero-order chi connectivity index (χ0) is 15.5. The summed E-state index contributed by atoms with van der Waals surface area (Å²) in [4.78, 5) is 0. The van der Waals surface area contributed by atoms with Crippen molar-refractivity contribution in [2.75, 3.05) is 0 Å². The van der Waals surface area contributed by atoms with Crippen LogP contribution in [0.4, 0.5) is 0 Å². The Bertz CT molecular complexity index is 737. The van der Waals surface area contributed by atoms with Crippen LogP contribution in [0, 0.1) is 5.92 Å². The van der Waals surface area contributed by atoms with Crippen molar-refractivity contribution in [1.29, 1.82) is 0 Å². The van der Waals surface area contributed by atoms with Crippen molar-refractivity contribution in [1.82, 2.24) is 0 Å². The van der Waals surface area contributed by atoms with Crippen LogP contribution in [-0.4, -0.2) is 0 Å². The van der Waals surface area contributed by atoms with Gasteiger partial charge in [0.15, 0.2) is 0 Å². The predicted octanol–water partition coefficient (Wildman–Crippen LogP) is 6.90. The van der Waals surface area contributed by atoms with Crippen LogP contribution in [0.25, 0.3) is 21.5 Å². The Labute approximate surface area is 139 Å². The maximum atomic E-state index is 2.35. The molecule has 0 nitrogen and oxygen atoms in total. The molecular formula is C23H26. The highest BCUT2D eigenvalue weighted by Gasteiger charge is 2.15. The summed E-state index contributed by atoms with van der Waals surface area (Å²) in [6.07, 6.45) is 11.3. The van der Waals surface area contributed by atoms with Gasteiger partial charge in [-0.15, -0.1) is 0 Å². The molecule has 0 heterocycles. The average Bonchev–Trinajstić information content (AvgIpc) is 2.56. The molecule has 1 saturated carbocycles. The third-order valence-corrected chi connectivity index (χ3v) is 5.60. The minimum absolute atomic E-state index is 0.865. The molecule has 0 radical (unpaired) electrons. The lowest BCUT2D eigenvalue weighted by molar-refractivity contribution is 0.378. The van der Waals surface area contributed by atoms with Crippen molar-refractivity contribution in [3.05, 3.63) is 60.2 Å². The van der Waals surface area contributed by atoms with E-state index in [1.807, 2.05) is 0 Å². The molecule has 0 bridgehead atoms. The monoisotopic (exact) mass is 302 g/mol. The van der Waals surface area contributed by atoms with Gasteiger partial charge in [0.2, 0.25) is 0 Å². The molecule has 0 heteroatoms. The van der Waals surface area contributed by atoms with Crippen LogP contribution in [-0.2, 0) is 6.42 Å². The van der Waals surface area contributed by atoms with Gasteiger partial charge in [0.25, 0.3) is 0 Å². The molecule has 0 aliphatic heterocycles. The van der Waals surface area contributed by atoms with E-state index in [0.29, 0.717) is 0 Å². The molecule has 1 aliphatic carbocycles. The molecule has 0 saturated heterocycles. The molecule has 0 atom stereocenters. The van der Waals surface area contributed by atoms with Crippen LogP contribution < -0.4 is 0 Å². The number of hydrogen-bond acceptors (Lipinski definition) is 0. The largest absolute Gasteiger partial charge is 0.0616 e. The fourth-order valence-corrected chi connectivity index (χ4v) is 4.36. The highest BCUT2D eigenvalue weighted by molar-refractivity contribution is 6.02. The Morgan fingerprint density at radius 1 is 0.652 bits per heavy atom. The van der Waals surface area contributed by atoms with Crippen molar-refractivity contribution in [2.45, 2.75) is 51.4 Å². The first-order valence-electron chi connectivity index (χ1n) is 9.31. The lowest BCUT2D eigenvalue weighted by Crippen LogP contribution is -2.08. The summed E-state index contributed by atoms with van der Waals surface area (Å²) in [7, 11) is 0. The van der Waals surface area contributed by atoms with E-state index in [1.165, 1.54) is 72.9 Å². The third-order valence-electron chi connectivity index (χ3n) is 5.60. The second-order valence-corrected chi connectivity index (χ2v) is 7.21. The van der Waals surface area contributed by atoms with E-state index >= 15 is 0 Å². The Hall–Kier alpha value is -1.82. The first-order valence-corrected chi connectivity index (χ1v) is 9.31. The number of hydrogen-bond donors (Lipinski definition) is 0. The van der Waals surface area contributed by atoms with Crippen LogP contribution >= 0.6 is 0 Å². The zero-order valence-corrected chi connectivity index (χ0v) is 13.9. The van der Waals surface area contributed by atoms with Crippen LogP contribution in [0.2, 0.25) is 0 Å². The van der Waals surface area contributed by atoms with Crippen LogP contribution in [0.15, 0.2) is 54.6 Å². The maximum Gasteiger partial charge on any atom is -0.0145 e. The summed E-state index contributed by atoms with van der Waals surface area (Å²) in [5.41, 5.74) is 1.59. The second-order valence-electron chi connectivity index (χ2n) is 7.21. The second kappa shape index (κ2) is 6.74. The summed E-state index contributed by atoms with van der Waals surface area (Å²) in [6, 6.07) is 20.2. The van der Waals surface area contributed by atoms with Gasteiger partial charge in [-0.2, -0.15) is 0 Å². The van der Waals surface area contributed by atoms with Gasteiger partial charge in [0.1, 0.15) is 0 Å². The molecule has 3 aromatic carbocycles. The SMILES string of the molecule is c1ccc2c(CC3CCCCCCC3)c3ccccc3cc2c1. The Morgan fingerprint density at radius 3 is 1.78 bits per heavy atom. The molecule has 118 valence electrons. The fraction of sp³-hybridized carbons (Fsp3) is 0.391. The van der Waals surface area contributed by atoms with E-state index in [2.05, 4.69) is 54.6 Å². The summed E-state index contributed by atoms with van der Waals surface area (Å²) in [5.74, 6) is 0.865. The van der Waals surface area contributed by atoms with Gasteiger partial charge in [0, 0.05) is 0 Å². The summed E-state index contributed by atoms with van der Waals surface area (Å²) >= 11 is 0. The van der Waals surface area contributed by atoms with Gasteiger partial charge >= 0.3 is 0 Å². The first kappa shape index (κ1) is 14.8. The van der Waals surface area contributed by atoms with Crippen molar-refractivity contribution in [3.8, 4) is 0 Å². The minimum Gasteiger partial charge on any atom is -0.0616 e. The van der Waals surface area contributed by atoms with Gasteiger partial charge in [-0.1, -0.05) is 93.5 Å². The van der Waals surface area contributed by atoms with E-state index in [1.54, 1.807) is 5.56 Å². The van der Waals surface area contributed by atoms with Crippen molar-refractivity contribution in [3.63, 3.8) is 0 Å². The lowest BCUT2D eigenvalue weighted by atomic mass is 9.84. The van der Waals surface area contributed by atoms with Crippen molar-refractivity contribution < 1.29 is 0 Å². The summed E-state index contributed by atoms with van der Waals surface area (Å²) in [6.45, 7) is 0. The van der Waals surface area contributed by atoms with Crippen LogP contribution in [0.5, 0.6) is 0 Å². The highest BCUT2D eigenvalue weighted by atomic mass is 14.2. The quantitative estimate of drug-likeness (QED) is 0.452. The van der Waals surface area contributed by atoms with Crippen molar-refractivity contribution >= 4 is 21.5 Å². The fourth-order valence-electron chi connectivity index (χ4n) is 4.36. The molecule has 1 aliphatic rings. The minimum atomic E-state index is 0.865.